The minimum atomic E-state index is 0.0831. The molecule has 0 aliphatic rings. The Labute approximate surface area is 87.9 Å². The average Bonchev–Trinajstić information content (AvgIpc) is 2.16. The summed E-state index contributed by atoms with van der Waals surface area (Å²) in [6, 6.07) is 7.66. The maximum Gasteiger partial charge on any atom is 0.134 e. The quantitative estimate of drug-likeness (QED) is 0.711. The zero-order chi connectivity index (χ0) is 10.6. The van der Waals surface area contributed by atoms with E-state index in [2.05, 4.69) is 6.07 Å². The third kappa shape index (κ3) is 2.61. The van der Waals surface area contributed by atoms with E-state index in [1.807, 2.05) is 18.4 Å². The zero-order valence-corrected chi connectivity index (χ0v) is 9.02. The standard InChI is InChI=1S/C11H11NOS/c1-8(13)5-10-6-11(14-2)4-3-9(10)7-12/h3-4,6H,5H2,1-2H3. The predicted molar refractivity (Wildman–Crippen MR) is 57.3 cm³/mol. The van der Waals surface area contributed by atoms with Gasteiger partial charge in [0, 0.05) is 11.3 Å². The second-order valence-electron chi connectivity index (χ2n) is 3.01. The molecule has 0 saturated heterocycles. The third-order valence-corrected chi connectivity index (χ3v) is 2.60. The summed E-state index contributed by atoms with van der Waals surface area (Å²) in [6.45, 7) is 1.53. The summed E-state index contributed by atoms with van der Waals surface area (Å²) in [4.78, 5) is 12.0. The van der Waals surface area contributed by atoms with Crippen molar-refractivity contribution in [2.45, 2.75) is 18.2 Å². The van der Waals surface area contributed by atoms with Crippen LogP contribution in [0.4, 0.5) is 0 Å². The fraction of sp³-hybridized carbons (Fsp3) is 0.273. The molecule has 0 N–H and O–H groups in total. The van der Waals surface area contributed by atoms with Crippen LogP contribution in [0.3, 0.4) is 0 Å². The Morgan fingerprint density at radius 3 is 2.79 bits per heavy atom. The van der Waals surface area contributed by atoms with E-state index in [0.717, 1.165) is 10.5 Å². The second kappa shape index (κ2) is 4.83. The number of carbonyl (C=O) groups excluding carboxylic acids is 1. The Hall–Kier alpha value is -1.27. The van der Waals surface area contributed by atoms with Gasteiger partial charge >= 0.3 is 0 Å². The Morgan fingerprint density at radius 2 is 2.29 bits per heavy atom. The number of nitriles is 1. The summed E-state index contributed by atoms with van der Waals surface area (Å²) in [5.74, 6) is 0.0831. The molecular formula is C11H11NOS. The van der Waals surface area contributed by atoms with Gasteiger partial charge in [0.15, 0.2) is 0 Å². The molecule has 0 heterocycles. The highest BCUT2D eigenvalue weighted by atomic mass is 32.2. The topological polar surface area (TPSA) is 40.9 Å². The number of hydrogen-bond acceptors (Lipinski definition) is 3. The lowest BCUT2D eigenvalue weighted by Crippen LogP contribution is -1.99. The van der Waals surface area contributed by atoms with Crippen molar-refractivity contribution in [1.82, 2.24) is 0 Å². The number of ketones is 1. The van der Waals surface area contributed by atoms with Gasteiger partial charge in [-0.2, -0.15) is 5.26 Å². The van der Waals surface area contributed by atoms with Crippen LogP contribution in [0.1, 0.15) is 18.1 Å². The van der Waals surface area contributed by atoms with E-state index in [-0.39, 0.29) is 5.78 Å². The first-order chi connectivity index (χ1) is 6.67. The van der Waals surface area contributed by atoms with Crippen molar-refractivity contribution in [3.63, 3.8) is 0 Å². The molecule has 72 valence electrons. The predicted octanol–water partition coefficient (Wildman–Crippen LogP) is 2.41. The molecule has 0 spiro atoms. The summed E-state index contributed by atoms with van der Waals surface area (Å²) in [5.41, 5.74) is 1.42. The summed E-state index contributed by atoms with van der Waals surface area (Å²) < 4.78 is 0. The molecular weight excluding hydrogens is 194 g/mol. The molecule has 1 aromatic carbocycles. The van der Waals surface area contributed by atoms with Crippen molar-refractivity contribution in [3.05, 3.63) is 29.3 Å². The Kier molecular flexibility index (Phi) is 3.73. The molecule has 0 unspecified atom stereocenters. The Morgan fingerprint density at radius 1 is 1.57 bits per heavy atom. The molecule has 0 saturated carbocycles. The lowest BCUT2D eigenvalue weighted by Gasteiger charge is -2.03. The largest absolute Gasteiger partial charge is 0.300 e. The highest BCUT2D eigenvalue weighted by molar-refractivity contribution is 7.98. The molecule has 0 amide bonds. The molecule has 1 rings (SSSR count). The van der Waals surface area contributed by atoms with Gasteiger partial charge < -0.3 is 0 Å². The first kappa shape index (κ1) is 10.8. The minimum Gasteiger partial charge on any atom is -0.300 e. The molecule has 0 atom stereocenters. The molecule has 0 radical (unpaired) electrons. The number of hydrogen-bond donors (Lipinski definition) is 0. The van der Waals surface area contributed by atoms with E-state index < -0.39 is 0 Å². The van der Waals surface area contributed by atoms with E-state index in [0.29, 0.717) is 12.0 Å². The van der Waals surface area contributed by atoms with Crippen LogP contribution in [-0.4, -0.2) is 12.0 Å². The number of nitrogens with zero attached hydrogens (tertiary/aromatic N) is 1. The maximum atomic E-state index is 11.0. The van der Waals surface area contributed by atoms with Crippen molar-refractivity contribution in [1.29, 1.82) is 5.26 Å². The average molecular weight is 205 g/mol. The van der Waals surface area contributed by atoms with Crippen LogP contribution in [-0.2, 0) is 11.2 Å². The third-order valence-electron chi connectivity index (χ3n) is 1.87. The van der Waals surface area contributed by atoms with Gasteiger partial charge in [-0.3, -0.25) is 4.79 Å². The number of carbonyl (C=O) groups is 1. The number of benzene rings is 1. The maximum absolute atomic E-state index is 11.0. The summed E-state index contributed by atoms with van der Waals surface area (Å²) in [7, 11) is 0. The molecule has 14 heavy (non-hydrogen) atoms. The van der Waals surface area contributed by atoms with Gasteiger partial charge in [0.25, 0.3) is 0 Å². The zero-order valence-electron chi connectivity index (χ0n) is 8.20. The summed E-state index contributed by atoms with van der Waals surface area (Å²) in [5, 5.41) is 8.83. The molecule has 0 bridgehead atoms. The molecule has 2 nitrogen and oxygen atoms in total. The highest BCUT2D eigenvalue weighted by Gasteiger charge is 2.05. The van der Waals surface area contributed by atoms with Gasteiger partial charge in [-0.15, -0.1) is 11.8 Å². The van der Waals surface area contributed by atoms with E-state index >= 15 is 0 Å². The Balaban J connectivity index is 3.09. The van der Waals surface area contributed by atoms with Gasteiger partial charge in [-0.1, -0.05) is 0 Å². The second-order valence-corrected chi connectivity index (χ2v) is 3.89. The molecule has 0 aromatic heterocycles. The van der Waals surface area contributed by atoms with E-state index in [9.17, 15) is 4.79 Å². The van der Waals surface area contributed by atoms with E-state index in [4.69, 9.17) is 5.26 Å². The monoisotopic (exact) mass is 205 g/mol. The van der Waals surface area contributed by atoms with Crippen LogP contribution in [0.2, 0.25) is 0 Å². The van der Waals surface area contributed by atoms with E-state index in [1.54, 1.807) is 17.8 Å². The van der Waals surface area contributed by atoms with E-state index in [1.165, 1.54) is 6.92 Å². The first-order valence-electron chi connectivity index (χ1n) is 4.24. The van der Waals surface area contributed by atoms with Crippen molar-refractivity contribution < 1.29 is 4.79 Å². The first-order valence-corrected chi connectivity index (χ1v) is 5.46. The van der Waals surface area contributed by atoms with Crippen molar-refractivity contribution in [2.75, 3.05) is 6.26 Å². The van der Waals surface area contributed by atoms with Gasteiger partial charge in [-0.05, 0) is 36.9 Å². The molecule has 0 fully saturated rings. The highest BCUT2D eigenvalue weighted by Crippen LogP contribution is 2.19. The summed E-state index contributed by atoms with van der Waals surface area (Å²) in [6.07, 6.45) is 2.32. The smallest absolute Gasteiger partial charge is 0.134 e. The fourth-order valence-corrected chi connectivity index (χ4v) is 1.68. The van der Waals surface area contributed by atoms with Crippen molar-refractivity contribution >= 4 is 17.5 Å². The normalized spacial score (nSPS) is 9.50. The van der Waals surface area contributed by atoms with Gasteiger partial charge in [-0.25, -0.2) is 0 Å². The molecule has 3 heteroatoms. The summed E-state index contributed by atoms with van der Waals surface area (Å²) >= 11 is 1.61. The van der Waals surface area contributed by atoms with Crippen LogP contribution in [0.5, 0.6) is 0 Å². The minimum absolute atomic E-state index is 0.0831. The van der Waals surface area contributed by atoms with Crippen LogP contribution in [0.25, 0.3) is 0 Å². The molecule has 1 aromatic rings. The number of thioether (sulfide) groups is 1. The molecule has 0 aliphatic carbocycles. The lowest BCUT2D eigenvalue weighted by atomic mass is 10.0. The van der Waals surface area contributed by atoms with Crippen LogP contribution in [0, 0.1) is 11.3 Å². The van der Waals surface area contributed by atoms with Gasteiger partial charge in [0.2, 0.25) is 0 Å². The van der Waals surface area contributed by atoms with Crippen molar-refractivity contribution in [3.8, 4) is 6.07 Å². The number of rotatable bonds is 3. The van der Waals surface area contributed by atoms with Crippen LogP contribution < -0.4 is 0 Å². The fourth-order valence-electron chi connectivity index (χ4n) is 1.22. The SMILES string of the molecule is CSc1ccc(C#N)c(CC(C)=O)c1. The lowest BCUT2D eigenvalue weighted by molar-refractivity contribution is -0.116. The number of Topliss-reactive ketones (excluding diaryl/α,β-unsaturated/α-hetero) is 1. The van der Waals surface area contributed by atoms with Crippen LogP contribution >= 0.6 is 11.8 Å². The van der Waals surface area contributed by atoms with Crippen molar-refractivity contribution in [2.24, 2.45) is 0 Å². The molecule has 0 aliphatic heterocycles. The van der Waals surface area contributed by atoms with Gasteiger partial charge in [0.1, 0.15) is 5.78 Å². The Bertz CT molecular complexity index is 393. The van der Waals surface area contributed by atoms with Crippen LogP contribution in [0.15, 0.2) is 23.1 Å². The van der Waals surface area contributed by atoms with Gasteiger partial charge in [0.05, 0.1) is 11.6 Å².